The van der Waals surface area contributed by atoms with Gasteiger partial charge in [0.05, 0.1) is 0 Å². The molecule has 0 spiro atoms. The molecule has 1 aromatic carbocycles. The molecule has 1 amide bonds. The van der Waals surface area contributed by atoms with Crippen molar-refractivity contribution in [1.82, 2.24) is 9.97 Å². The van der Waals surface area contributed by atoms with Crippen LogP contribution in [0.1, 0.15) is 26.3 Å². The van der Waals surface area contributed by atoms with Crippen molar-refractivity contribution >= 4 is 17.2 Å². The zero-order chi connectivity index (χ0) is 17.8. The van der Waals surface area contributed by atoms with Gasteiger partial charge in [-0.05, 0) is 30.7 Å². The second kappa shape index (κ2) is 10.7. The van der Waals surface area contributed by atoms with Crippen molar-refractivity contribution in [3.05, 3.63) is 85.0 Å². The number of aromatic nitrogens is 2. The van der Waals surface area contributed by atoms with Gasteiger partial charge in [-0.2, -0.15) is 0 Å². The Morgan fingerprint density at radius 2 is 1.75 bits per heavy atom. The van der Waals surface area contributed by atoms with Crippen LogP contribution in [0.25, 0.3) is 5.57 Å². The molecule has 2 aromatic rings. The maximum atomic E-state index is 12.3. The van der Waals surface area contributed by atoms with E-state index in [9.17, 15) is 4.79 Å². The van der Waals surface area contributed by atoms with E-state index < -0.39 is 0 Å². The Labute approximate surface area is 143 Å². The van der Waals surface area contributed by atoms with Gasteiger partial charge >= 0.3 is 0 Å². The van der Waals surface area contributed by atoms with Gasteiger partial charge in [-0.15, -0.1) is 0 Å². The maximum absolute atomic E-state index is 12.3. The molecule has 1 heterocycles. The van der Waals surface area contributed by atoms with Crippen molar-refractivity contribution in [2.45, 2.75) is 20.8 Å². The lowest BCUT2D eigenvalue weighted by atomic mass is 10.1. The molecule has 0 aliphatic heterocycles. The molecule has 124 valence electrons. The average Bonchev–Trinajstić information content (AvgIpc) is 2.66. The van der Waals surface area contributed by atoms with E-state index in [0.717, 1.165) is 16.8 Å². The number of allylic oxidation sites excluding steroid dienone is 3. The summed E-state index contributed by atoms with van der Waals surface area (Å²) < 4.78 is 0. The minimum absolute atomic E-state index is 0.211. The molecule has 0 atom stereocenters. The molecule has 1 aromatic heterocycles. The minimum atomic E-state index is -0.211. The smallest absolute Gasteiger partial charge is 0.255 e. The third kappa shape index (κ3) is 5.65. The predicted molar refractivity (Wildman–Crippen MR) is 100 cm³/mol. The second-order valence-electron chi connectivity index (χ2n) is 4.50. The van der Waals surface area contributed by atoms with E-state index in [0.29, 0.717) is 5.57 Å². The average molecular weight is 321 g/mol. The van der Waals surface area contributed by atoms with E-state index in [4.69, 9.17) is 0 Å². The Bertz CT molecular complexity index is 704. The van der Waals surface area contributed by atoms with Gasteiger partial charge in [0.2, 0.25) is 0 Å². The number of carbonyl (C=O) groups excluding carboxylic acids is 1. The Balaban J connectivity index is 0.00000139. The van der Waals surface area contributed by atoms with Gasteiger partial charge in [-0.25, -0.2) is 9.97 Å². The SMILES string of the molecule is C=C/C(=C\C(=C/C)c1cncnc1)C(=O)Nc1ccccc1.CC. The minimum Gasteiger partial charge on any atom is -0.322 e. The maximum Gasteiger partial charge on any atom is 0.255 e. The largest absolute Gasteiger partial charge is 0.322 e. The van der Waals surface area contributed by atoms with Gasteiger partial charge in [0.1, 0.15) is 6.33 Å². The standard InChI is InChI=1S/C18H17N3O.C2H6/c1-3-14(16-11-19-13-20-12-16)10-15(4-2)18(22)21-17-8-6-5-7-9-17;1-2/h3-13H,2H2,1H3,(H,21,22);1-2H3/b14-3+,15-10+;. The highest BCUT2D eigenvalue weighted by Gasteiger charge is 2.08. The van der Waals surface area contributed by atoms with E-state index in [-0.39, 0.29) is 5.91 Å². The van der Waals surface area contributed by atoms with Gasteiger partial charge < -0.3 is 5.32 Å². The van der Waals surface area contributed by atoms with E-state index >= 15 is 0 Å². The highest BCUT2D eigenvalue weighted by molar-refractivity contribution is 6.07. The number of rotatable bonds is 5. The molecule has 0 unspecified atom stereocenters. The third-order valence-corrected chi connectivity index (χ3v) is 3.03. The number of nitrogens with zero attached hydrogens (tertiary/aromatic N) is 2. The molecular formula is C20H23N3O. The molecule has 0 bridgehead atoms. The van der Waals surface area contributed by atoms with Crippen LogP contribution in [0.15, 0.2) is 79.4 Å². The number of amides is 1. The van der Waals surface area contributed by atoms with E-state index in [2.05, 4.69) is 21.9 Å². The van der Waals surface area contributed by atoms with Crippen LogP contribution in [0.4, 0.5) is 5.69 Å². The molecular weight excluding hydrogens is 298 g/mol. The summed E-state index contributed by atoms with van der Waals surface area (Å²) in [5, 5.41) is 2.84. The van der Waals surface area contributed by atoms with Crippen LogP contribution in [0.2, 0.25) is 0 Å². The van der Waals surface area contributed by atoms with Crippen LogP contribution in [-0.2, 0) is 4.79 Å². The predicted octanol–water partition coefficient (Wildman–Crippen LogP) is 4.66. The van der Waals surface area contributed by atoms with Gasteiger partial charge in [-0.3, -0.25) is 4.79 Å². The second-order valence-corrected chi connectivity index (χ2v) is 4.50. The van der Waals surface area contributed by atoms with E-state index in [1.165, 1.54) is 12.4 Å². The molecule has 24 heavy (non-hydrogen) atoms. The number of carbonyl (C=O) groups is 1. The Kier molecular flexibility index (Phi) is 8.47. The third-order valence-electron chi connectivity index (χ3n) is 3.03. The molecule has 0 fully saturated rings. The number of hydrogen-bond donors (Lipinski definition) is 1. The molecule has 0 aliphatic rings. The van der Waals surface area contributed by atoms with Crippen molar-refractivity contribution in [1.29, 1.82) is 0 Å². The Morgan fingerprint density at radius 1 is 1.12 bits per heavy atom. The highest BCUT2D eigenvalue weighted by atomic mass is 16.1. The number of hydrogen-bond acceptors (Lipinski definition) is 3. The molecule has 2 rings (SSSR count). The van der Waals surface area contributed by atoms with Crippen LogP contribution < -0.4 is 5.32 Å². The first-order valence-corrected chi connectivity index (χ1v) is 7.87. The first-order chi connectivity index (χ1) is 11.7. The normalized spacial score (nSPS) is 11.1. The van der Waals surface area contributed by atoms with Crippen molar-refractivity contribution in [3.63, 3.8) is 0 Å². The van der Waals surface area contributed by atoms with Gasteiger partial charge in [-0.1, -0.05) is 50.8 Å². The van der Waals surface area contributed by atoms with E-state index in [1.54, 1.807) is 18.5 Å². The topological polar surface area (TPSA) is 54.9 Å². The summed E-state index contributed by atoms with van der Waals surface area (Å²) in [7, 11) is 0. The lowest BCUT2D eigenvalue weighted by Gasteiger charge is -2.07. The van der Waals surface area contributed by atoms with Gasteiger partial charge in [0.15, 0.2) is 0 Å². The van der Waals surface area contributed by atoms with Crippen LogP contribution in [0.3, 0.4) is 0 Å². The summed E-state index contributed by atoms with van der Waals surface area (Å²) >= 11 is 0. The molecule has 0 saturated carbocycles. The van der Waals surface area contributed by atoms with Gasteiger partial charge in [0, 0.05) is 29.2 Å². The molecule has 4 nitrogen and oxygen atoms in total. The molecule has 1 N–H and O–H groups in total. The monoisotopic (exact) mass is 321 g/mol. The fourth-order valence-electron chi connectivity index (χ4n) is 1.89. The number of nitrogens with one attached hydrogen (secondary N) is 1. The zero-order valence-electron chi connectivity index (χ0n) is 14.4. The molecule has 0 aliphatic carbocycles. The number of para-hydroxylation sites is 1. The fraction of sp³-hybridized carbons (Fsp3) is 0.150. The van der Waals surface area contributed by atoms with Crippen molar-refractivity contribution in [2.24, 2.45) is 0 Å². The first kappa shape index (κ1) is 19.0. The van der Waals surface area contributed by atoms with Crippen LogP contribution in [0, 0.1) is 0 Å². The summed E-state index contributed by atoms with van der Waals surface area (Å²) in [4.78, 5) is 20.3. The fourth-order valence-corrected chi connectivity index (χ4v) is 1.89. The summed E-state index contributed by atoms with van der Waals surface area (Å²) in [6.45, 7) is 9.61. The summed E-state index contributed by atoms with van der Waals surface area (Å²) in [5.74, 6) is -0.211. The Hall–Kier alpha value is -3.01. The quantitative estimate of drug-likeness (QED) is 0.644. The summed E-state index contributed by atoms with van der Waals surface area (Å²) in [5.41, 5.74) is 2.92. The Morgan fingerprint density at radius 3 is 2.29 bits per heavy atom. The molecule has 4 heteroatoms. The zero-order valence-corrected chi connectivity index (χ0v) is 14.4. The van der Waals surface area contributed by atoms with Crippen molar-refractivity contribution in [2.75, 3.05) is 5.32 Å². The summed E-state index contributed by atoms with van der Waals surface area (Å²) in [6, 6.07) is 9.30. The lowest BCUT2D eigenvalue weighted by molar-refractivity contribution is -0.112. The van der Waals surface area contributed by atoms with Gasteiger partial charge in [0.25, 0.3) is 5.91 Å². The summed E-state index contributed by atoms with van der Waals surface area (Å²) in [6.07, 6.45) is 10.1. The van der Waals surface area contributed by atoms with Crippen LogP contribution in [0.5, 0.6) is 0 Å². The highest BCUT2D eigenvalue weighted by Crippen LogP contribution is 2.17. The first-order valence-electron chi connectivity index (χ1n) is 7.87. The number of anilines is 1. The number of benzene rings is 1. The molecule has 0 saturated heterocycles. The van der Waals surface area contributed by atoms with Crippen molar-refractivity contribution < 1.29 is 4.79 Å². The van der Waals surface area contributed by atoms with Crippen molar-refractivity contribution in [3.8, 4) is 0 Å². The van der Waals surface area contributed by atoms with E-state index in [1.807, 2.05) is 57.2 Å². The lowest BCUT2D eigenvalue weighted by Crippen LogP contribution is -2.13. The van der Waals surface area contributed by atoms with Crippen LogP contribution in [-0.4, -0.2) is 15.9 Å². The molecule has 0 radical (unpaired) electrons. The van der Waals surface area contributed by atoms with Crippen LogP contribution >= 0.6 is 0 Å².